The summed E-state index contributed by atoms with van der Waals surface area (Å²) in [6, 6.07) is 9.11. The van der Waals surface area contributed by atoms with Gasteiger partial charge in [0.2, 0.25) is 0 Å². The van der Waals surface area contributed by atoms with Crippen LogP contribution in [0.4, 0.5) is 5.82 Å². The summed E-state index contributed by atoms with van der Waals surface area (Å²) in [6.07, 6.45) is 0. The minimum Gasteiger partial charge on any atom is -0.491 e. The number of hydrogen-bond donors (Lipinski definition) is 2. The second-order valence-electron chi connectivity index (χ2n) is 3.82. The zero-order chi connectivity index (χ0) is 12.3. The molecule has 0 unspecified atom stereocenters. The van der Waals surface area contributed by atoms with Crippen molar-refractivity contribution in [1.82, 2.24) is 9.78 Å². The van der Waals surface area contributed by atoms with Crippen LogP contribution < -0.4 is 16.0 Å². The fourth-order valence-electron chi connectivity index (χ4n) is 1.59. The van der Waals surface area contributed by atoms with Crippen molar-refractivity contribution in [3.8, 4) is 5.75 Å². The molecule has 0 aliphatic rings. The average molecular weight is 233 g/mol. The Morgan fingerprint density at radius 1 is 1.41 bits per heavy atom. The maximum absolute atomic E-state index is 11.3. The van der Waals surface area contributed by atoms with Gasteiger partial charge in [0.15, 0.2) is 0 Å². The summed E-state index contributed by atoms with van der Waals surface area (Å²) in [5.74, 6) is 1.20. The molecule has 0 amide bonds. The van der Waals surface area contributed by atoms with Gasteiger partial charge in [-0.3, -0.25) is 9.89 Å². The van der Waals surface area contributed by atoms with E-state index in [0.717, 1.165) is 11.3 Å². The molecule has 1 aromatic carbocycles. The van der Waals surface area contributed by atoms with Crippen LogP contribution in [0.25, 0.3) is 0 Å². The van der Waals surface area contributed by atoms with Gasteiger partial charge in [-0.05, 0) is 18.6 Å². The van der Waals surface area contributed by atoms with E-state index in [1.165, 1.54) is 10.7 Å². The highest BCUT2D eigenvalue weighted by molar-refractivity contribution is 5.31. The van der Waals surface area contributed by atoms with Gasteiger partial charge in [0, 0.05) is 6.07 Å². The molecule has 0 spiro atoms. The predicted molar refractivity (Wildman–Crippen MR) is 66.1 cm³/mol. The van der Waals surface area contributed by atoms with Crippen LogP contribution >= 0.6 is 0 Å². The molecular formula is C12H15N3O2. The Morgan fingerprint density at radius 2 is 2.18 bits per heavy atom. The number of hydrogen-bond acceptors (Lipinski definition) is 3. The molecule has 5 nitrogen and oxygen atoms in total. The highest BCUT2D eigenvalue weighted by Gasteiger charge is 2.01. The number of para-hydroxylation sites is 1. The SMILES string of the molecule is Cc1ccccc1OCCn1[nH]c(N)cc1=O. The largest absolute Gasteiger partial charge is 0.491 e. The average Bonchev–Trinajstić information content (AvgIpc) is 2.60. The molecule has 0 atom stereocenters. The zero-order valence-electron chi connectivity index (χ0n) is 9.64. The summed E-state index contributed by atoms with van der Waals surface area (Å²) in [7, 11) is 0. The number of anilines is 1. The van der Waals surface area contributed by atoms with E-state index in [1.807, 2.05) is 31.2 Å². The fraction of sp³-hybridized carbons (Fsp3) is 0.250. The van der Waals surface area contributed by atoms with E-state index in [1.54, 1.807) is 0 Å². The summed E-state index contributed by atoms with van der Waals surface area (Å²) >= 11 is 0. The lowest BCUT2D eigenvalue weighted by atomic mass is 10.2. The molecule has 17 heavy (non-hydrogen) atoms. The Labute approximate surface area is 98.8 Å². The summed E-state index contributed by atoms with van der Waals surface area (Å²) in [5, 5.41) is 2.75. The number of aryl methyl sites for hydroxylation is 1. The molecule has 0 saturated carbocycles. The van der Waals surface area contributed by atoms with Crippen LogP contribution in [-0.4, -0.2) is 16.4 Å². The highest BCUT2D eigenvalue weighted by Crippen LogP contribution is 2.15. The van der Waals surface area contributed by atoms with Gasteiger partial charge in [-0.2, -0.15) is 0 Å². The Kier molecular flexibility index (Phi) is 3.18. The molecule has 3 N–H and O–H groups in total. The third kappa shape index (κ3) is 2.69. The smallest absolute Gasteiger partial charge is 0.268 e. The van der Waals surface area contributed by atoms with E-state index in [2.05, 4.69) is 5.10 Å². The van der Waals surface area contributed by atoms with Crippen LogP contribution in [-0.2, 0) is 6.54 Å². The zero-order valence-corrected chi connectivity index (χ0v) is 9.64. The van der Waals surface area contributed by atoms with Gasteiger partial charge in [-0.1, -0.05) is 18.2 Å². The van der Waals surface area contributed by atoms with E-state index >= 15 is 0 Å². The van der Waals surface area contributed by atoms with Crippen LogP contribution in [0.5, 0.6) is 5.75 Å². The van der Waals surface area contributed by atoms with E-state index in [9.17, 15) is 4.79 Å². The van der Waals surface area contributed by atoms with Crippen LogP contribution in [0.3, 0.4) is 0 Å². The van der Waals surface area contributed by atoms with E-state index in [4.69, 9.17) is 10.5 Å². The standard InChI is InChI=1S/C12H15N3O2/c1-9-4-2-3-5-10(9)17-7-6-15-12(16)8-11(13)14-15/h2-5,8,14H,6-7,13H2,1H3. The van der Waals surface area contributed by atoms with E-state index in [-0.39, 0.29) is 5.56 Å². The minimum atomic E-state index is -0.143. The number of aromatic nitrogens is 2. The summed E-state index contributed by atoms with van der Waals surface area (Å²) in [6.45, 7) is 2.85. The third-order valence-electron chi connectivity index (χ3n) is 2.48. The molecule has 2 aromatic rings. The van der Waals surface area contributed by atoms with Crippen molar-refractivity contribution in [2.75, 3.05) is 12.3 Å². The van der Waals surface area contributed by atoms with Crippen molar-refractivity contribution in [3.63, 3.8) is 0 Å². The molecule has 5 heteroatoms. The van der Waals surface area contributed by atoms with Gasteiger partial charge in [0.1, 0.15) is 18.2 Å². The van der Waals surface area contributed by atoms with Crippen molar-refractivity contribution >= 4 is 5.82 Å². The van der Waals surface area contributed by atoms with Crippen LogP contribution in [0, 0.1) is 6.92 Å². The molecule has 0 aliphatic heterocycles. The van der Waals surface area contributed by atoms with Gasteiger partial charge in [-0.25, -0.2) is 4.68 Å². The molecule has 1 heterocycles. The first-order valence-corrected chi connectivity index (χ1v) is 5.40. The van der Waals surface area contributed by atoms with Crippen molar-refractivity contribution < 1.29 is 4.74 Å². The topological polar surface area (TPSA) is 73.0 Å². The number of benzene rings is 1. The van der Waals surface area contributed by atoms with Gasteiger partial charge in [0.05, 0.1) is 6.54 Å². The third-order valence-corrected chi connectivity index (χ3v) is 2.48. The predicted octanol–water partition coefficient (Wildman–Crippen LogP) is 1.15. The van der Waals surface area contributed by atoms with Gasteiger partial charge in [0.25, 0.3) is 5.56 Å². The van der Waals surface area contributed by atoms with Crippen LogP contribution in [0.15, 0.2) is 35.1 Å². The van der Waals surface area contributed by atoms with E-state index < -0.39 is 0 Å². The first-order chi connectivity index (χ1) is 8.16. The molecule has 0 radical (unpaired) electrons. The quantitative estimate of drug-likeness (QED) is 0.831. The van der Waals surface area contributed by atoms with Crippen LogP contribution in [0.2, 0.25) is 0 Å². The van der Waals surface area contributed by atoms with Gasteiger partial charge >= 0.3 is 0 Å². The first-order valence-electron chi connectivity index (χ1n) is 5.40. The number of nitrogen functional groups attached to an aromatic ring is 1. The lowest BCUT2D eigenvalue weighted by molar-refractivity contribution is 0.288. The lowest BCUT2D eigenvalue weighted by Crippen LogP contribution is -2.20. The maximum atomic E-state index is 11.3. The van der Waals surface area contributed by atoms with E-state index in [0.29, 0.717) is 19.0 Å². The molecular weight excluding hydrogens is 218 g/mol. The number of rotatable bonds is 4. The second-order valence-corrected chi connectivity index (χ2v) is 3.82. The highest BCUT2D eigenvalue weighted by atomic mass is 16.5. The number of aromatic amines is 1. The van der Waals surface area contributed by atoms with Crippen molar-refractivity contribution in [2.45, 2.75) is 13.5 Å². The minimum absolute atomic E-state index is 0.143. The van der Waals surface area contributed by atoms with Gasteiger partial charge in [-0.15, -0.1) is 0 Å². The second kappa shape index (κ2) is 4.78. The Balaban J connectivity index is 1.94. The maximum Gasteiger partial charge on any atom is 0.268 e. The molecule has 1 aromatic heterocycles. The molecule has 90 valence electrons. The Hall–Kier alpha value is -2.17. The van der Waals surface area contributed by atoms with Crippen molar-refractivity contribution in [2.24, 2.45) is 0 Å². The number of nitrogens with zero attached hydrogens (tertiary/aromatic N) is 1. The summed E-state index contributed by atoms with van der Waals surface area (Å²) in [4.78, 5) is 11.3. The number of ether oxygens (including phenoxy) is 1. The molecule has 0 aliphatic carbocycles. The van der Waals surface area contributed by atoms with Crippen molar-refractivity contribution in [1.29, 1.82) is 0 Å². The van der Waals surface area contributed by atoms with Crippen LogP contribution in [0.1, 0.15) is 5.56 Å². The number of nitrogens with one attached hydrogen (secondary N) is 1. The molecule has 0 saturated heterocycles. The molecule has 0 bridgehead atoms. The summed E-state index contributed by atoms with van der Waals surface area (Å²) < 4.78 is 7.01. The number of H-pyrrole nitrogens is 1. The Bertz CT molecular complexity index is 557. The monoisotopic (exact) mass is 233 g/mol. The van der Waals surface area contributed by atoms with Gasteiger partial charge < -0.3 is 10.5 Å². The van der Waals surface area contributed by atoms with Crippen molar-refractivity contribution in [3.05, 3.63) is 46.2 Å². The summed E-state index contributed by atoms with van der Waals surface area (Å²) in [5.41, 5.74) is 6.40. The Morgan fingerprint density at radius 3 is 2.82 bits per heavy atom. The lowest BCUT2D eigenvalue weighted by Gasteiger charge is -2.08. The fourth-order valence-corrected chi connectivity index (χ4v) is 1.59. The normalized spacial score (nSPS) is 10.4. The molecule has 2 rings (SSSR count). The number of nitrogens with two attached hydrogens (primary N) is 1. The first kappa shape index (κ1) is 11.3. The molecule has 0 fully saturated rings.